The van der Waals surface area contributed by atoms with Gasteiger partial charge in [0, 0.05) is 36.2 Å². The molecule has 19 heavy (non-hydrogen) atoms. The number of ether oxygens (including phenoxy) is 1. The molecule has 0 spiro atoms. The third kappa shape index (κ3) is 4.46. The van der Waals surface area contributed by atoms with E-state index in [-0.39, 0.29) is 0 Å². The SMILES string of the molecule is COc1cc(C)nc(CN2CCCC(CCBr)C2)c1. The van der Waals surface area contributed by atoms with Crippen LogP contribution in [0.15, 0.2) is 12.1 Å². The number of hydrogen-bond acceptors (Lipinski definition) is 3. The molecule has 2 heterocycles. The van der Waals surface area contributed by atoms with Crippen molar-refractivity contribution in [2.24, 2.45) is 5.92 Å². The molecule has 0 radical (unpaired) electrons. The summed E-state index contributed by atoms with van der Waals surface area (Å²) in [5, 5.41) is 1.11. The Bertz CT molecular complexity index is 409. The average molecular weight is 327 g/mol. The van der Waals surface area contributed by atoms with Crippen LogP contribution in [0.3, 0.4) is 0 Å². The molecule has 4 heteroatoms. The van der Waals surface area contributed by atoms with E-state index in [1.165, 1.54) is 32.4 Å². The van der Waals surface area contributed by atoms with Crippen LogP contribution in [-0.2, 0) is 6.54 Å². The van der Waals surface area contributed by atoms with Crippen molar-refractivity contribution in [2.75, 3.05) is 25.5 Å². The largest absolute Gasteiger partial charge is 0.497 e. The molecule has 1 fully saturated rings. The number of piperidine rings is 1. The zero-order chi connectivity index (χ0) is 13.7. The van der Waals surface area contributed by atoms with Gasteiger partial charge >= 0.3 is 0 Å². The van der Waals surface area contributed by atoms with Gasteiger partial charge in [-0.1, -0.05) is 15.9 Å². The summed E-state index contributed by atoms with van der Waals surface area (Å²) >= 11 is 3.55. The fraction of sp³-hybridized carbons (Fsp3) is 0.667. The Morgan fingerprint density at radius 3 is 3.05 bits per heavy atom. The van der Waals surface area contributed by atoms with E-state index in [0.717, 1.165) is 34.9 Å². The summed E-state index contributed by atoms with van der Waals surface area (Å²) in [5.74, 6) is 1.75. The van der Waals surface area contributed by atoms with Crippen molar-refractivity contribution in [1.82, 2.24) is 9.88 Å². The van der Waals surface area contributed by atoms with Crippen LogP contribution >= 0.6 is 15.9 Å². The van der Waals surface area contributed by atoms with Crippen molar-refractivity contribution in [2.45, 2.75) is 32.7 Å². The molecule has 2 rings (SSSR count). The number of nitrogens with zero attached hydrogens (tertiary/aromatic N) is 2. The number of methoxy groups -OCH3 is 1. The molecule has 0 bridgehead atoms. The lowest BCUT2D eigenvalue weighted by atomic mass is 9.95. The van der Waals surface area contributed by atoms with Gasteiger partial charge in [0.1, 0.15) is 5.75 Å². The lowest BCUT2D eigenvalue weighted by molar-refractivity contribution is 0.163. The smallest absolute Gasteiger partial charge is 0.122 e. The van der Waals surface area contributed by atoms with E-state index in [1.807, 2.05) is 13.0 Å². The Morgan fingerprint density at radius 1 is 1.47 bits per heavy atom. The molecular weight excluding hydrogens is 304 g/mol. The van der Waals surface area contributed by atoms with E-state index < -0.39 is 0 Å². The van der Waals surface area contributed by atoms with E-state index in [0.29, 0.717) is 0 Å². The van der Waals surface area contributed by atoms with Gasteiger partial charge in [0.15, 0.2) is 0 Å². The van der Waals surface area contributed by atoms with Gasteiger partial charge in [0.05, 0.1) is 12.8 Å². The van der Waals surface area contributed by atoms with Crippen LogP contribution in [0.4, 0.5) is 0 Å². The maximum atomic E-state index is 5.32. The Labute approximate surface area is 124 Å². The predicted octanol–water partition coefficient (Wildman–Crippen LogP) is 3.40. The number of halogens is 1. The summed E-state index contributed by atoms with van der Waals surface area (Å²) in [6.45, 7) is 5.35. The minimum atomic E-state index is 0.833. The van der Waals surface area contributed by atoms with Crippen LogP contribution in [0.1, 0.15) is 30.7 Å². The van der Waals surface area contributed by atoms with Crippen molar-refractivity contribution >= 4 is 15.9 Å². The van der Waals surface area contributed by atoms with E-state index in [1.54, 1.807) is 7.11 Å². The fourth-order valence-electron chi connectivity index (χ4n) is 2.82. The first kappa shape index (κ1) is 14.8. The number of alkyl halides is 1. The molecule has 1 aromatic rings. The minimum Gasteiger partial charge on any atom is -0.497 e. The number of pyridine rings is 1. The standard InChI is InChI=1S/C15H23BrN2O/c1-12-8-15(19-2)9-14(17-12)11-18-7-3-4-13(10-18)5-6-16/h8-9,13H,3-7,10-11H2,1-2H3. The lowest BCUT2D eigenvalue weighted by Crippen LogP contribution is -2.35. The Morgan fingerprint density at radius 2 is 2.32 bits per heavy atom. The van der Waals surface area contributed by atoms with Crippen molar-refractivity contribution in [3.05, 3.63) is 23.5 Å². The normalized spacial score (nSPS) is 20.5. The van der Waals surface area contributed by atoms with Gasteiger partial charge in [-0.25, -0.2) is 0 Å². The summed E-state index contributed by atoms with van der Waals surface area (Å²) in [6, 6.07) is 4.04. The fourth-order valence-corrected chi connectivity index (χ4v) is 3.46. The molecule has 3 nitrogen and oxygen atoms in total. The quantitative estimate of drug-likeness (QED) is 0.775. The Hall–Kier alpha value is -0.610. The highest BCUT2D eigenvalue weighted by Gasteiger charge is 2.19. The average Bonchev–Trinajstić information content (AvgIpc) is 2.39. The van der Waals surface area contributed by atoms with Gasteiger partial charge < -0.3 is 4.74 Å². The second-order valence-corrected chi connectivity index (χ2v) is 6.15. The number of hydrogen-bond donors (Lipinski definition) is 0. The van der Waals surface area contributed by atoms with Crippen LogP contribution < -0.4 is 4.74 Å². The maximum absolute atomic E-state index is 5.32. The number of aryl methyl sites for hydroxylation is 1. The highest BCUT2D eigenvalue weighted by molar-refractivity contribution is 9.09. The second-order valence-electron chi connectivity index (χ2n) is 5.36. The van der Waals surface area contributed by atoms with E-state index in [9.17, 15) is 0 Å². The van der Waals surface area contributed by atoms with E-state index in [4.69, 9.17) is 4.74 Å². The predicted molar refractivity (Wildman–Crippen MR) is 81.9 cm³/mol. The topological polar surface area (TPSA) is 25.4 Å². The maximum Gasteiger partial charge on any atom is 0.122 e. The molecule has 1 aliphatic rings. The summed E-state index contributed by atoms with van der Waals surface area (Å²) < 4.78 is 5.32. The molecule has 1 unspecified atom stereocenters. The van der Waals surface area contributed by atoms with Crippen LogP contribution in [0, 0.1) is 12.8 Å². The second kappa shape index (κ2) is 7.25. The van der Waals surface area contributed by atoms with Gasteiger partial charge in [0.25, 0.3) is 0 Å². The van der Waals surface area contributed by atoms with Crippen LogP contribution in [0.2, 0.25) is 0 Å². The van der Waals surface area contributed by atoms with Crippen LogP contribution in [0.25, 0.3) is 0 Å². The first-order valence-corrected chi connectivity index (χ1v) is 8.13. The van der Waals surface area contributed by atoms with E-state index >= 15 is 0 Å². The molecule has 106 valence electrons. The van der Waals surface area contributed by atoms with Gasteiger partial charge in [-0.2, -0.15) is 0 Å². The molecule has 0 amide bonds. The monoisotopic (exact) mass is 326 g/mol. The van der Waals surface area contributed by atoms with Crippen LogP contribution in [-0.4, -0.2) is 35.4 Å². The van der Waals surface area contributed by atoms with Gasteiger partial charge in [-0.3, -0.25) is 9.88 Å². The minimum absolute atomic E-state index is 0.833. The molecule has 1 aromatic heterocycles. The zero-order valence-electron chi connectivity index (χ0n) is 11.9. The zero-order valence-corrected chi connectivity index (χ0v) is 13.4. The highest BCUT2D eigenvalue weighted by atomic mass is 79.9. The Kier molecular flexibility index (Phi) is 5.64. The number of likely N-dealkylation sites (tertiary alicyclic amines) is 1. The molecular formula is C15H23BrN2O. The highest BCUT2D eigenvalue weighted by Crippen LogP contribution is 2.22. The first-order chi connectivity index (χ1) is 9.21. The first-order valence-electron chi connectivity index (χ1n) is 7.01. The number of aromatic nitrogens is 1. The molecule has 1 saturated heterocycles. The molecule has 0 N–H and O–H groups in total. The van der Waals surface area contributed by atoms with Crippen LogP contribution in [0.5, 0.6) is 5.75 Å². The summed E-state index contributed by atoms with van der Waals surface area (Å²) in [6.07, 6.45) is 3.95. The summed E-state index contributed by atoms with van der Waals surface area (Å²) in [4.78, 5) is 7.14. The molecule has 0 aliphatic carbocycles. The van der Waals surface area contributed by atoms with Gasteiger partial charge in [-0.05, 0) is 38.6 Å². The summed E-state index contributed by atoms with van der Waals surface area (Å²) in [5.41, 5.74) is 2.15. The third-order valence-corrected chi connectivity index (χ3v) is 4.18. The van der Waals surface area contributed by atoms with Crippen molar-refractivity contribution in [1.29, 1.82) is 0 Å². The molecule has 0 saturated carbocycles. The Balaban J connectivity index is 1.98. The van der Waals surface area contributed by atoms with Gasteiger partial charge in [0.2, 0.25) is 0 Å². The van der Waals surface area contributed by atoms with Crippen molar-refractivity contribution in [3.8, 4) is 5.75 Å². The molecule has 1 aliphatic heterocycles. The van der Waals surface area contributed by atoms with Crippen molar-refractivity contribution < 1.29 is 4.74 Å². The third-order valence-electron chi connectivity index (χ3n) is 3.72. The molecule has 1 atom stereocenters. The van der Waals surface area contributed by atoms with Gasteiger partial charge in [-0.15, -0.1) is 0 Å². The molecule has 0 aromatic carbocycles. The van der Waals surface area contributed by atoms with Crippen molar-refractivity contribution in [3.63, 3.8) is 0 Å². The number of rotatable bonds is 5. The lowest BCUT2D eigenvalue weighted by Gasteiger charge is -2.32. The van der Waals surface area contributed by atoms with E-state index in [2.05, 4.69) is 31.9 Å². The summed E-state index contributed by atoms with van der Waals surface area (Å²) in [7, 11) is 1.71.